The molecule has 0 radical (unpaired) electrons. The van der Waals surface area contributed by atoms with Gasteiger partial charge in [0.05, 0.1) is 0 Å². The third kappa shape index (κ3) is 3.46. The Balaban J connectivity index is 1.52. The molecule has 3 rings (SSSR count). The second kappa shape index (κ2) is 6.03. The van der Waals surface area contributed by atoms with Crippen LogP contribution in [-0.4, -0.2) is 24.0 Å². The molecule has 2 heteroatoms. The topological polar surface area (TPSA) is 3.24 Å². The Morgan fingerprint density at radius 2 is 2.22 bits per heavy atom. The Morgan fingerprint density at radius 3 is 3.00 bits per heavy atom. The summed E-state index contributed by atoms with van der Waals surface area (Å²) in [5, 5.41) is 2.15. The van der Waals surface area contributed by atoms with E-state index in [0.29, 0.717) is 0 Å². The lowest BCUT2D eigenvalue weighted by molar-refractivity contribution is 0.143. The molecule has 1 aliphatic heterocycles. The first-order valence-corrected chi connectivity index (χ1v) is 8.24. The van der Waals surface area contributed by atoms with E-state index < -0.39 is 0 Å². The molecule has 0 N–H and O–H groups in total. The quantitative estimate of drug-likeness (QED) is 0.758. The molecule has 1 saturated heterocycles. The van der Waals surface area contributed by atoms with Gasteiger partial charge in [-0.2, -0.15) is 0 Å². The van der Waals surface area contributed by atoms with Crippen LogP contribution in [-0.2, 0) is 0 Å². The van der Waals surface area contributed by atoms with Gasteiger partial charge in [-0.15, -0.1) is 11.3 Å². The summed E-state index contributed by atoms with van der Waals surface area (Å²) in [5.41, 5.74) is 0. The number of piperidine rings is 1. The number of thiophene rings is 1. The minimum Gasteiger partial charge on any atom is -0.300 e. The maximum absolute atomic E-state index is 2.76. The largest absolute Gasteiger partial charge is 0.300 e. The van der Waals surface area contributed by atoms with Crippen molar-refractivity contribution in [1.29, 1.82) is 0 Å². The fraction of sp³-hybridized carbons (Fsp3) is 0.625. The van der Waals surface area contributed by atoms with Crippen LogP contribution in [0.3, 0.4) is 0 Å². The fourth-order valence-corrected chi connectivity index (χ4v) is 3.57. The lowest BCUT2D eigenvalue weighted by Gasteiger charge is -2.35. The van der Waals surface area contributed by atoms with Crippen LogP contribution in [0.5, 0.6) is 0 Å². The van der Waals surface area contributed by atoms with Gasteiger partial charge >= 0.3 is 0 Å². The predicted octanol–water partition coefficient (Wildman–Crippen LogP) is 4.42. The summed E-state index contributed by atoms with van der Waals surface area (Å²) in [4.78, 5) is 4.15. The second-order valence-electron chi connectivity index (χ2n) is 5.74. The zero-order chi connectivity index (χ0) is 12.2. The first-order chi connectivity index (χ1) is 8.92. The minimum absolute atomic E-state index is 0.815. The molecule has 1 saturated carbocycles. The lowest BCUT2D eigenvalue weighted by Crippen LogP contribution is -2.40. The first kappa shape index (κ1) is 12.4. The van der Waals surface area contributed by atoms with Gasteiger partial charge in [-0.05, 0) is 62.1 Å². The van der Waals surface area contributed by atoms with E-state index in [1.54, 1.807) is 0 Å². The second-order valence-corrected chi connectivity index (χ2v) is 6.72. The van der Waals surface area contributed by atoms with Gasteiger partial charge in [-0.3, -0.25) is 4.90 Å². The highest BCUT2D eigenvalue weighted by Crippen LogP contribution is 2.32. The normalized spacial score (nSPS) is 25.9. The van der Waals surface area contributed by atoms with Gasteiger partial charge in [0.1, 0.15) is 0 Å². The Kier molecular flexibility index (Phi) is 4.16. The molecule has 98 valence electrons. The van der Waals surface area contributed by atoms with Crippen molar-refractivity contribution in [3.8, 4) is 0 Å². The van der Waals surface area contributed by atoms with E-state index >= 15 is 0 Å². The molecule has 2 aliphatic rings. The summed E-state index contributed by atoms with van der Waals surface area (Å²) >= 11 is 1.83. The average molecular weight is 261 g/mol. The van der Waals surface area contributed by atoms with Crippen LogP contribution in [0.15, 0.2) is 23.6 Å². The molecule has 1 unspecified atom stereocenters. The van der Waals surface area contributed by atoms with Gasteiger partial charge in [-0.1, -0.05) is 18.6 Å². The molecule has 1 aliphatic carbocycles. The molecule has 1 aromatic heterocycles. The van der Waals surface area contributed by atoms with Crippen LogP contribution in [0.4, 0.5) is 0 Å². The molecule has 2 fully saturated rings. The summed E-state index contributed by atoms with van der Waals surface area (Å²) in [7, 11) is 0. The van der Waals surface area contributed by atoms with Crippen molar-refractivity contribution in [3.05, 3.63) is 28.5 Å². The van der Waals surface area contributed by atoms with Gasteiger partial charge < -0.3 is 0 Å². The standard InChI is InChI=1S/C16H23NS/c1-2-11-17(13-14-9-10-14)15(5-1)6-3-7-16-8-4-12-18-16/h3-4,7-8,12,14-15H,1-2,5-6,9-11,13H2/b7-3+. The molecular formula is C16H23NS. The molecule has 0 bridgehead atoms. The van der Waals surface area contributed by atoms with E-state index in [-0.39, 0.29) is 0 Å². The smallest absolute Gasteiger partial charge is 0.0267 e. The van der Waals surface area contributed by atoms with E-state index in [1.807, 2.05) is 11.3 Å². The van der Waals surface area contributed by atoms with Gasteiger partial charge in [0.25, 0.3) is 0 Å². The third-order valence-electron chi connectivity index (χ3n) is 4.17. The summed E-state index contributed by atoms with van der Waals surface area (Å²) in [6.45, 7) is 2.71. The minimum atomic E-state index is 0.815. The SMILES string of the molecule is C(=C\c1cccs1)/CC1CCCCN1CC1CC1. The number of rotatable bonds is 5. The van der Waals surface area contributed by atoms with Crippen molar-refractivity contribution >= 4 is 17.4 Å². The summed E-state index contributed by atoms with van der Waals surface area (Å²) in [6, 6.07) is 5.14. The summed E-state index contributed by atoms with van der Waals surface area (Å²) in [6.07, 6.45) is 13.1. The van der Waals surface area contributed by atoms with Crippen molar-refractivity contribution in [2.45, 2.75) is 44.6 Å². The van der Waals surface area contributed by atoms with Crippen LogP contribution in [0.25, 0.3) is 6.08 Å². The Bertz CT molecular complexity index is 378. The van der Waals surface area contributed by atoms with Crippen molar-refractivity contribution in [2.75, 3.05) is 13.1 Å². The average Bonchev–Trinajstić information content (AvgIpc) is 3.05. The molecule has 1 atom stereocenters. The van der Waals surface area contributed by atoms with E-state index in [2.05, 4.69) is 34.6 Å². The molecule has 1 nitrogen and oxygen atoms in total. The van der Waals surface area contributed by atoms with Crippen LogP contribution >= 0.6 is 11.3 Å². The molecular weight excluding hydrogens is 238 g/mol. The van der Waals surface area contributed by atoms with E-state index in [1.165, 1.54) is 56.5 Å². The van der Waals surface area contributed by atoms with E-state index in [4.69, 9.17) is 0 Å². The highest BCUT2D eigenvalue weighted by molar-refractivity contribution is 7.10. The van der Waals surface area contributed by atoms with Crippen LogP contribution in [0.2, 0.25) is 0 Å². The molecule has 2 heterocycles. The molecule has 1 aromatic rings. The Morgan fingerprint density at radius 1 is 1.28 bits per heavy atom. The summed E-state index contributed by atoms with van der Waals surface area (Å²) < 4.78 is 0. The van der Waals surface area contributed by atoms with E-state index in [0.717, 1.165) is 12.0 Å². The molecule has 18 heavy (non-hydrogen) atoms. The van der Waals surface area contributed by atoms with Gasteiger partial charge in [0.2, 0.25) is 0 Å². The third-order valence-corrected chi connectivity index (χ3v) is 5.01. The first-order valence-electron chi connectivity index (χ1n) is 7.36. The van der Waals surface area contributed by atoms with Crippen LogP contribution in [0.1, 0.15) is 43.4 Å². The maximum atomic E-state index is 2.76. The highest BCUT2D eigenvalue weighted by atomic mass is 32.1. The number of hydrogen-bond donors (Lipinski definition) is 0. The number of nitrogens with zero attached hydrogens (tertiary/aromatic N) is 1. The van der Waals surface area contributed by atoms with E-state index in [9.17, 15) is 0 Å². The maximum Gasteiger partial charge on any atom is 0.0267 e. The summed E-state index contributed by atoms with van der Waals surface area (Å²) in [5.74, 6) is 1.03. The van der Waals surface area contributed by atoms with Gasteiger partial charge in [-0.25, -0.2) is 0 Å². The molecule has 0 amide bonds. The number of hydrogen-bond acceptors (Lipinski definition) is 2. The van der Waals surface area contributed by atoms with Crippen molar-refractivity contribution < 1.29 is 0 Å². The lowest BCUT2D eigenvalue weighted by atomic mass is 9.98. The highest BCUT2D eigenvalue weighted by Gasteiger charge is 2.28. The Labute approximate surface area is 115 Å². The molecule has 0 spiro atoms. The van der Waals surface area contributed by atoms with Crippen LogP contribution in [0, 0.1) is 5.92 Å². The van der Waals surface area contributed by atoms with Crippen LogP contribution < -0.4 is 0 Å². The monoisotopic (exact) mass is 261 g/mol. The van der Waals surface area contributed by atoms with Gasteiger partial charge in [0, 0.05) is 17.5 Å². The zero-order valence-electron chi connectivity index (χ0n) is 11.1. The van der Waals surface area contributed by atoms with Gasteiger partial charge in [0.15, 0.2) is 0 Å². The Hall–Kier alpha value is -0.600. The zero-order valence-corrected chi connectivity index (χ0v) is 11.9. The molecule has 0 aromatic carbocycles. The fourth-order valence-electron chi connectivity index (χ4n) is 2.93. The van der Waals surface area contributed by atoms with Crippen molar-refractivity contribution in [2.24, 2.45) is 5.92 Å². The predicted molar refractivity (Wildman–Crippen MR) is 79.9 cm³/mol. The van der Waals surface area contributed by atoms with Crippen molar-refractivity contribution in [1.82, 2.24) is 4.90 Å². The van der Waals surface area contributed by atoms with Crippen molar-refractivity contribution in [3.63, 3.8) is 0 Å². The number of likely N-dealkylation sites (tertiary alicyclic amines) is 1.